The van der Waals surface area contributed by atoms with Gasteiger partial charge >= 0.3 is 5.97 Å². The largest absolute Gasteiger partial charge is 0.497 e. The maximum atomic E-state index is 12.4. The number of carbonyl (C=O) groups excluding carboxylic acids is 3. The summed E-state index contributed by atoms with van der Waals surface area (Å²) in [4.78, 5) is 35.6. The second-order valence-electron chi connectivity index (χ2n) is 5.24. The molecule has 0 fully saturated rings. The summed E-state index contributed by atoms with van der Waals surface area (Å²) in [5.74, 6) is -0.452. The number of carbonyl (C=O) groups is 3. The third-order valence-corrected chi connectivity index (χ3v) is 3.62. The highest BCUT2D eigenvalue weighted by Crippen LogP contribution is 2.33. The average Bonchev–Trinajstić information content (AvgIpc) is 2.71. The number of aldehydes is 1. The van der Waals surface area contributed by atoms with Crippen molar-refractivity contribution in [1.82, 2.24) is 0 Å². The molecule has 2 aromatic carbocycles. The van der Waals surface area contributed by atoms with E-state index in [-0.39, 0.29) is 22.6 Å². The van der Waals surface area contributed by atoms with Crippen molar-refractivity contribution in [1.29, 1.82) is 0 Å². The quantitative estimate of drug-likeness (QED) is 0.560. The second kappa shape index (κ2) is 9.23. The van der Waals surface area contributed by atoms with Gasteiger partial charge in [0.25, 0.3) is 5.91 Å². The van der Waals surface area contributed by atoms with Crippen molar-refractivity contribution < 1.29 is 33.3 Å². The van der Waals surface area contributed by atoms with Gasteiger partial charge in [0.1, 0.15) is 11.3 Å². The van der Waals surface area contributed by atoms with Crippen LogP contribution in [0.2, 0.25) is 0 Å². The van der Waals surface area contributed by atoms with Gasteiger partial charge in [0.05, 0.1) is 21.3 Å². The Hall–Kier alpha value is -3.55. The molecule has 0 aliphatic rings. The molecule has 0 atom stereocenters. The summed E-state index contributed by atoms with van der Waals surface area (Å²) in [6, 6.07) is 9.55. The van der Waals surface area contributed by atoms with Crippen LogP contribution in [0, 0.1) is 0 Å². The minimum Gasteiger partial charge on any atom is -0.497 e. The van der Waals surface area contributed by atoms with Gasteiger partial charge in [-0.1, -0.05) is 0 Å². The first-order chi connectivity index (χ1) is 13.0. The van der Waals surface area contributed by atoms with E-state index in [1.54, 1.807) is 24.3 Å². The first kappa shape index (κ1) is 19.8. The average molecular weight is 373 g/mol. The van der Waals surface area contributed by atoms with Crippen LogP contribution < -0.4 is 19.5 Å². The van der Waals surface area contributed by atoms with Gasteiger partial charge in [0.2, 0.25) is 0 Å². The molecule has 142 valence electrons. The minimum absolute atomic E-state index is 0.0580. The Kier molecular flexibility index (Phi) is 6.76. The first-order valence-electron chi connectivity index (χ1n) is 7.85. The highest BCUT2D eigenvalue weighted by molar-refractivity contribution is 6.03. The summed E-state index contributed by atoms with van der Waals surface area (Å²) in [7, 11) is 4.27. The first-order valence-corrected chi connectivity index (χ1v) is 7.85. The smallest absolute Gasteiger partial charge is 0.343 e. The molecule has 0 aliphatic heterocycles. The number of anilines is 1. The van der Waals surface area contributed by atoms with Gasteiger partial charge in [0, 0.05) is 11.3 Å². The number of rotatable bonds is 8. The maximum Gasteiger partial charge on any atom is 0.343 e. The van der Waals surface area contributed by atoms with Crippen molar-refractivity contribution in [3.05, 3.63) is 47.5 Å². The summed E-state index contributed by atoms with van der Waals surface area (Å²) in [5.41, 5.74) is 0.474. The molecule has 0 spiro atoms. The van der Waals surface area contributed by atoms with Crippen molar-refractivity contribution in [3.8, 4) is 17.2 Å². The van der Waals surface area contributed by atoms with Crippen LogP contribution in [-0.4, -0.2) is 46.1 Å². The summed E-state index contributed by atoms with van der Waals surface area (Å²) >= 11 is 0. The van der Waals surface area contributed by atoms with Crippen LogP contribution >= 0.6 is 0 Å². The molecule has 0 saturated heterocycles. The monoisotopic (exact) mass is 373 g/mol. The normalized spacial score (nSPS) is 9.89. The Morgan fingerprint density at radius 1 is 0.963 bits per heavy atom. The Morgan fingerprint density at radius 2 is 1.67 bits per heavy atom. The topological polar surface area (TPSA) is 100 Å². The van der Waals surface area contributed by atoms with E-state index in [2.05, 4.69) is 5.32 Å². The van der Waals surface area contributed by atoms with Crippen LogP contribution in [0.1, 0.15) is 20.7 Å². The summed E-state index contributed by atoms with van der Waals surface area (Å²) in [6.45, 7) is -0.538. The zero-order valence-electron chi connectivity index (χ0n) is 15.1. The highest BCUT2D eigenvalue weighted by Gasteiger charge is 2.23. The van der Waals surface area contributed by atoms with E-state index in [1.165, 1.54) is 33.5 Å². The van der Waals surface area contributed by atoms with Crippen molar-refractivity contribution in [3.63, 3.8) is 0 Å². The predicted molar refractivity (Wildman–Crippen MR) is 96.8 cm³/mol. The Morgan fingerprint density at radius 3 is 2.22 bits per heavy atom. The van der Waals surface area contributed by atoms with Gasteiger partial charge in [-0.05, 0) is 36.4 Å². The molecular formula is C19H19NO7. The van der Waals surface area contributed by atoms with Gasteiger partial charge in [-0.15, -0.1) is 0 Å². The molecule has 0 unspecified atom stereocenters. The molecule has 0 aromatic heterocycles. The van der Waals surface area contributed by atoms with Gasteiger partial charge < -0.3 is 24.3 Å². The Balaban J connectivity index is 2.08. The zero-order valence-corrected chi connectivity index (χ0v) is 15.1. The molecule has 0 aliphatic carbocycles. The fourth-order valence-electron chi connectivity index (χ4n) is 2.33. The highest BCUT2D eigenvalue weighted by atomic mass is 16.5. The minimum atomic E-state index is -0.877. The molecule has 0 heterocycles. The van der Waals surface area contributed by atoms with Crippen molar-refractivity contribution in [2.24, 2.45) is 0 Å². The third kappa shape index (κ3) is 4.75. The molecule has 27 heavy (non-hydrogen) atoms. The molecule has 0 radical (unpaired) electrons. The molecule has 1 amide bonds. The number of methoxy groups -OCH3 is 3. The van der Waals surface area contributed by atoms with E-state index < -0.39 is 18.5 Å². The molecule has 2 aromatic rings. The number of esters is 1. The standard InChI is InChI=1S/C19H19NO7/c1-24-14-7-5-13(6-8-14)20-16(22)11-27-19(23)17-12(10-21)4-9-15(25-2)18(17)26-3/h4-10H,11H2,1-3H3,(H,20,22). The van der Waals surface area contributed by atoms with Crippen LogP contribution in [0.3, 0.4) is 0 Å². The summed E-state index contributed by atoms with van der Waals surface area (Å²) in [6.07, 6.45) is 0.496. The number of benzene rings is 2. The lowest BCUT2D eigenvalue weighted by Crippen LogP contribution is -2.21. The van der Waals surface area contributed by atoms with E-state index in [4.69, 9.17) is 18.9 Å². The fourth-order valence-corrected chi connectivity index (χ4v) is 2.33. The van der Waals surface area contributed by atoms with E-state index in [1.807, 2.05) is 0 Å². The van der Waals surface area contributed by atoms with Gasteiger partial charge in [0.15, 0.2) is 24.4 Å². The Labute approximate surface area is 156 Å². The molecule has 8 nitrogen and oxygen atoms in total. The van der Waals surface area contributed by atoms with Crippen molar-refractivity contribution in [2.75, 3.05) is 33.3 Å². The maximum absolute atomic E-state index is 12.4. The van der Waals surface area contributed by atoms with Crippen LogP contribution in [-0.2, 0) is 9.53 Å². The van der Waals surface area contributed by atoms with Gasteiger partial charge in [-0.3, -0.25) is 9.59 Å². The lowest BCUT2D eigenvalue weighted by atomic mass is 10.1. The number of ether oxygens (including phenoxy) is 4. The summed E-state index contributed by atoms with van der Waals surface area (Å²) in [5, 5.41) is 2.58. The molecule has 0 bridgehead atoms. The van der Waals surface area contributed by atoms with Crippen LogP contribution in [0.25, 0.3) is 0 Å². The molecule has 8 heteroatoms. The van der Waals surface area contributed by atoms with E-state index in [9.17, 15) is 14.4 Å². The van der Waals surface area contributed by atoms with Gasteiger partial charge in [-0.25, -0.2) is 4.79 Å². The van der Waals surface area contributed by atoms with Crippen LogP contribution in [0.4, 0.5) is 5.69 Å². The lowest BCUT2D eigenvalue weighted by molar-refractivity contribution is -0.119. The number of nitrogens with one attached hydrogen (secondary N) is 1. The number of hydrogen-bond acceptors (Lipinski definition) is 7. The van der Waals surface area contributed by atoms with E-state index in [0.29, 0.717) is 17.7 Å². The number of hydrogen-bond donors (Lipinski definition) is 1. The summed E-state index contributed by atoms with van der Waals surface area (Å²) < 4.78 is 20.3. The van der Waals surface area contributed by atoms with Crippen LogP contribution in [0.15, 0.2) is 36.4 Å². The number of amides is 1. The predicted octanol–water partition coefficient (Wildman–Crippen LogP) is 2.32. The van der Waals surface area contributed by atoms with Gasteiger partial charge in [-0.2, -0.15) is 0 Å². The molecular weight excluding hydrogens is 354 g/mol. The molecule has 1 N–H and O–H groups in total. The molecule has 2 rings (SSSR count). The van der Waals surface area contributed by atoms with Crippen molar-refractivity contribution in [2.45, 2.75) is 0 Å². The SMILES string of the molecule is COc1ccc(NC(=O)COC(=O)c2c(C=O)ccc(OC)c2OC)cc1. The second-order valence-corrected chi connectivity index (χ2v) is 5.24. The lowest BCUT2D eigenvalue weighted by Gasteiger charge is -2.14. The Bertz CT molecular complexity index is 831. The van der Waals surface area contributed by atoms with E-state index in [0.717, 1.165) is 0 Å². The third-order valence-electron chi connectivity index (χ3n) is 3.62. The van der Waals surface area contributed by atoms with Crippen LogP contribution in [0.5, 0.6) is 17.2 Å². The van der Waals surface area contributed by atoms with Crippen molar-refractivity contribution >= 4 is 23.9 Å². The zero-order chi connectivity index (χ0) is 19.8. The fraction of sp³-hybridized carbons (Fsp3) is 0.211. The molecule has 0 saturated carbocycles. The van der Waals surface area contributed by atoms with E-state index >= 15 is 0 Å².